The fraction of sp³-hybridized carbons (Fsp3) is 0.130. The Labute approximate surface area is 164 Å². The van der Waals surface area contributed by atoms with Crippen molar-refractivity contribution in [2.45, 2.75) is 19.0 Å². The first-order valence-electron chi connectivity index (χ1n) is 8.64. The van der Waals surface area contributed by atoms with Gasteiger partial charge in [0, 0.05) is 15.1 Å². The maximum atomic E-state index is 14.9. The van der Waals surface area contributed by atoms with Crippen LogP contribution in [0.3, 0.4) is 0 Å². The Morgan fingerprint density at radius 2 is 1.27 bits per heavy atom. The smallest absolute Gasteiger partial charge is 0.156 e. The first-order chi connectivity index (χ1) is 12.5. The molecule has 0 aliphatic heterocycles. The van der Waals surface area contributed by atoms with Crippen molar-refractivity contribution in [2.24, 2.45) is 0 Å². The molecule has 0 aliphatic rings. The zero-order chi connectivity index (χ0) is 18.6. The highest BCUT2D eigenvalue weighted by molar-refractivity contribution is 9.10. The number of halogens is 1. The third-order valence-electron chi connectivity index (χ3n) is 4.80. The van der Waals surface area contributed by atoms with Gasteiger partial charge in [0.15, 0.2) is 7.14 Å². The number of rotatable bonds is 5. The lowest BCUT2D eigenvalue weighted by atomic mass is 9.99. The topological polar surface area (TPSA) is 17.1 Å². The fourth-order valence-corrected chi connectivity index (χ4v) is 7.82. The van der Waals surface area contributed by atoms with E-state index in [1.54, 1.807) is 0 Å². The second kappa shape index (κ2) is 7.78. The van der Waals surface area contributed by atoms with Crippen LogP contribution < -0.4 is 10.6 Å². The zero-order valence-corrected chi connectivity index (χ0v) is 17.5. The van der Waals surface area contributed by atoms with Crippen molar-refractivity contribution in [3.8, 4) is 0 Å². The largest absolute Gasteiger partial charge is 0.312 e. The number of allylic oxidation sites excluding steroid dienone is 2. The van der Waals surface area contributed by atoms with E-state index in [1.165, 1.54) is 0 Å². The molecule has 3 aromatic carbocycles. The first kappa shape index (κ1) is 18.9. The van der Waals surface area contributed by atoms with Gasteiger partial charge in [-0.1, -0.05) is 107 Å². The molecular weight excluding hydrogens is 403 g/mol. The molecule has 132 valence electrons. The van der Waals surface area contributed by atoms with E-state index >= 15 is 0 Å². The van der Waals surface area contributed by atoms with Crippen molar-refractivity contribution < 1.29 is 4.57 Å². The Bertz CT molecular complexity index is 907. The molecule has 0 radical (unpaired) electrons. The molecule has 1 nitrogen and oxygen atoms in total. The average molecular weight is 425 g/mol. The zero-order valence-electron chi connectivity index (χ0n) is 15.0. The molecule has 3 heteroatoms. The molecular formula is C23H22BrOP. The van der Waals surface area contributed by atoms with Crippen LogP contribution in [0.5, 0.6) is 0 Å². The molecule has 0 unspecified atom stereocenters. The SMILES string of the molecule is C/C=C/[C@](C)(c1ccccc1Br)P(=O)(c1ccccc1)c1ccccc1. The van der Waals surface area contributed by atoms with Gasteiger partial charge in [-0.05, 0) is 25.5 Å². The molecule has 0 saturated carbocycles. The Morgan fingerprint density at radius 3 is 1.73 bits per heavy atom. The Morgan fingerprint density at radius 1 is 0.808 bits per heavy atom. The van der Waals surface area contributed by atoms with Gasteiger partial charge in [0.25, 0.3) is 0 Å². The van der Waals surface area contributed by atoms with E-state index in [4.69, 9.17) is 0 Å². The van der Waals surface area contributed by atoms with Gasteiger partial charge in [0.05, 0.1) is 5.16 Å². The molecule has 3 aromatic rings. The maximum Gasteiger partial charge on any atom is 0.156 e. The van der Waals surface area contributed by atoms with Crippen LogP contribution in [-0.2, 0) is 9.72 Å². The molecule has 0 saturated heterocycles. The molecule has 0 spiro atoms. The first-order valence-corrected chi connectivity index (χ1v) is 11.1. The minimum atomic E-state index is -3.03. The van der Waals surface area contributed by atoms with Crippen LogP contribution in [0.1, 0.15) is 19.4 Å². The summed E-state index contributed by atoms with van der Waals surface area (Å²) in [5.41, 5.74) is 1.02. The summed E-state index contributed by atoms with van der Waals surface area (Å²) in [6, 6.07) is 27.7. The van der Waals surface area contributed by atoms with E-state index < -0.39 is 12.3 Å². The van der Waals surface area contributed by atoms with Crippen molar-refractivity contribution in [3.05, 3.63) is 107 Å². The van der Waals surface area contributed by atoms with Crippen LogP contribution in [0, 0.1) is 0 Å². The summed E-state index contributed by atoms with van der Waals surface area (Å²) in [6.45, 7) is 4.06. The van der Waals surface area contributed by atoms with Gasteiger partial charge < -0.3 is 4.57 Å². The average Bonchev–Trinajstić information content (AvgIpc) is 2.69. The fourth-order valence-electron chi connectivity index (χ4n) is 3.52. The third-order valence-corrected chi connectivity index (χ3v) is 9.24. The van der Waals surface area contributed by atoms with Gasteiger partial charge in [-0.3, -0.25) is 0 Å². The molecule has 0 heterocycles. The van der Waals surface area contributed by atoms with Gasteiger partial charge in [-0.15, -0.1) is 0 Å². The van der Waals surface area contributed by atoms with Gasteiger partial charge in [0.1, 0.15) is 0 Å². The van der Waals surface area contributed by atoms with Crippen molar-refractivity contribution >= 4 is 33.7 Å². The van der Waals surface area contributed by atoms with Crippen LogP contribution >= 0.6 is 23.1 Å². The summed E-state index contributed by atoms with van der Waals surface area (Å²) < 4.78 is 15.9. The van der Waals surface area contributed by atoms with Crippen LogP contribution in [0.15, 0.2) is 102 Å². The number of hydrogen-bond acceptors (Lipinski definition) is 1. The van der Waals surface area contributed by atoms with E-state index in [9.17, 15) is 4.57 Å². The minimum Gasteiger partial charge on any atom is -0.312 e. The molecule has 0 amide bonds. The normalized spacial score (nSPS) is 14.3. The summed E-state index contributed by atoms with van der Waals surface area (Å²) in [6.07, 6.45) is 4.08. The van der Waals surface area contributed by atoms with Gasteiger partial charge in [0.2, 0.25) is 0 Å². The lowest BCUT2D eigenvalue weighted by molar-refractivity contribution is 0.569. The molecule has 3 rings (SSSR count). The monoisotopic (exact) mass is 424 g/mol. The second-order valence-corrected chi connectivity index (χ2v) is 10.4. The van der Waals surface area contributed by atoms with E-state index in [1.807, 2.05) is 91.9 Å². The Balaban J connectivity index is 2.40. The molecule has 26 heavy (non-hydrogen) atoms. The molecule has 0 aliphatic carbocycles. The van der Waals surface area contributed by atoms with Crippen LogP contribution in [0.2, 0.25) is 0 Å². The van der Waals surface area contributed by atoms with Gasteiger partial charge in [-0.2, -0.15) is 0 Å². The van der Waals surface area contributed by atoms with E-state index in [0.717, 1.165) is 20.6 Å². The van der Waals surface area contributed by atoms with Gasteiger partial charge >= 0.3 is 0 Å². The summed E-state index contributed by atoms with van der Waals surface area (Å²) in [7, 11) is -3.03. The highest BCUT2D eigenvalue weighted by Gasteiger charge is 2.46. The van der Waals surface area contributed by atoms with Crippen molar-refractivity contribution in [1.29, 1.82) is 0 Å². The van der Waals surface area contributed by atoms with Crippen molar-refractivity contribution in [1.82, 2.24) is 0 Å². The molecule has 0 N–H and O–H groups in total. The number of hydrogen-bond donors (Lipinski definition) is 0. The quantitative estimate of drug-likeness (QED) is 0.349. The van der Waals surface area contributed by atoms with Gasteiger partial charge in [-0.25, -0.2) is 0 Å². The van der Waals surface area contributed by atoms with E-state index in [2.05, 4.69) is 35.0 Å². The number of benzene rings is 3. The lowest BCUT2D eigenvalue weighted by Gasteiger charge is -2.37. The minimum absolute atomic E-state index is 0.676. The Hall–Kier alpha value is -1.89. The molecule has 0 fully saturated rings. The van der Waals surface area contributed by atoms with E-state index in [0.29, 0.717) is 0 Å². The highest BCUT2D eigenvalue weighted by atomic mass is 79.9. The molecule has 1 atom stereocenters. The summed E-state index contributed by atoms with van der Waals surface area (Å²) in [5, 5.41) is 1.05. The van der Waals surface area contributed by atoms with Crippen molar-refractivity contribution in [3.63, 3.8) is 0 Å². The summed E-state index contributed by atoms with van der Waals surface area (Å²) in [5.74, 6) is 0. The summed E-state index contributed by atoms with van der Waals surface area (Å²) in [4.78, 5) is 0. The highest BCUT2D eigenvalue weighted by Crippen LogP contribution is 2.63. The standard InChI is InChI=1S/C23H22BrOP/c1-3-18-23(2,21-16-10-11-17-22(21)24)26(25,19-12-6-4-7-13-19)20-14-8-5-9-15-20/h3-18H,1-2H3/b18-3+/t23-/m1/s1. The summed E-state index contributed by atoms with van der Waals surface area (Å²) >= 11 is 3.68. The molecule has 0 aromatic heterocycles. The van der Waals surface area contributed by atoms with Crippen LogP contribution in [-0.4, -0.2) is 0 Å². The second-order valence-electron chi connectivity index (χ2n) is 6.41. The lowest BCUT2D eigenvalue weighted by Crippen LogP contribution is -2.32. The van der Waals surface area contributed by atoms with Crippen LogP contribution in [0.25, 0.3) is 0 Å². The maximum absolute atomic E-state index is 14.9. The third kappa shape index (κ3) is 3.13. The predicted octanol–water partition coefficient (Wildman–Crippen LogP) is 6.25. The van der Waals surface area contributed by atoms with E-state index in [-0.39, 0.29) is 0 Å². The van der Waals surface area contributed by atoms with Crippen LogP contribution in [0.4, 0.5) is 0 Å². The predicted molar refractivity (Wildman–Crippen MR) is 116 cm³/mol. The van der Waals surface area contributed by atoms with Crippen molar-refractivity contribution in [2.75, 3.05) is 0 Å². The molecule has 0 bridgehead atoms. The Kier molecular flexibility index (Phi) is 5.65.